The van der Waals surface area contributed by atoms with Gasteiger partial charge in [0.25, 0.3) is 5.69 Å². The van der Waals surface area contributed by atoms with Gasteiger partial charge in [0.2, 0.25) is 0 Å². The van der Waals surface area contributed by atoms with E-state index in [0.717, 1.165) is 5.56 Å². The van der Waals surface area contributed by atoms with E-state index in [0.29, 0.717) is 44.1 Å². The molecule has 0 saturated carbocycles. The lowest BCUT2D eigenvalue weighted by atomic mass is 10.2. The Hall–Kier alpha value is -3.89. The average molecular weight is 559 g/mol. The molecular formula is C24H17BrClN3O6. The highest BCUT2D eigenvalue weighted by molar-refractivity contribution is 9.10. The number of carbonyl (C=O) groups excluding carboxylic acids is 1. The van der Waals surface area contributed by atoms with E-state index in [2.05, 4.69) is 26.5 Å². The molecule has 11 heteroatoms. The summed E-state index contributed by atoms with van der Waals surface area (Å²) in [6, 6.07) is 16.3. The first-order chi connectivity index (χ1) is 16.8. The minimum Gasteiger partial charge on any atom is -0.493 e. The van der Waals surface area contributed by atoms with Gasteiger partial charge in [-0.25, -0.2) is 5.43 Å². The normalized spacial score (nSPS) is 11.1. The van der Waals surface area contributed by atoms with E-state index in [4.69, 9.17) is 25.5 Å². The van der Waals surface area contributed by atoms with Crippen LogP contribution < -0.4 is 14.9 Å². The smallest absolute Gasteiger partial charge is 0.307 e. The Morgan fingerprint density at radius 2 is 1.97 bits per heavy atom. The van der Waals surface area contributed by atoms with Gasteiger partial charge in [0.15, 0.2) is 17.3 Å². The molecule has 1 aromatic heterocycles. The summed E-state index contributed by atoms with van der Waals surface area (Å²) in [5.74, 6) is 0.358. The highest BCUT2D eigenvalue weighted by Gasteiger charge is 2.15. The number of non-ortho nitro benzene ring substituents is 1. The van der Waals surface area contributed by atoms with Gasteiger partial charge in [0, 0.05) is 22.5 Å². The number of hydrogen-bond acceptors (Lipinski definition) is 7. The van der Waals surface area contributed by atoms with Crippen molar-refractivity contribution in [3.05, 3.63) is 97.2 Å². The highest BCUT2D eigenvalue weighted by Crippen LogP contribution is 2.37. The predicted octanol–water partition coefficient (Wildman–Crippen LogP) is 6.11. The van der Waals surface area contributed by atoms with E-state index < -0.39 is 10.8 Å². The Bertz CT molecular complexity index is 1440. The molecule has 0 unspecified atom stereocenters. The highest BCUT2D eigenvalue weighted by atomic mass is 79.9. The summed E-state index contributed by atoms with van der Waals surface area (Å²) in [5, 5.41) is 16.0. The van der Waals surface area contributed by atoms with E-state index in [1.165, 1.54) is 37.6 Å². The fourth-order valence-electron chi connectivity index (χ4n) is 3.17. The van der Waals surface area contributed by atoms with Gasteiger partial charge in [0.05, 0.1) is 22.7 Å². The second-order valence-corrected chi connectivity index (χ2v) is 8.53. The molecule has 0 spiro atoms. The third-order valence-electron chi connectivity index (χ3n) is 4.86. The number of hydrogen-bond donors (Lipinski definition) is 1. The van der Waals surface area contributed by atoms with Crippen LogP contribution in [-0.4, -0.2) is 24.2 Å². The van der Waals surface area contributed by atoms with Crippen molar-refractivity contribution in [2.75, 3.05) is 7.11 Å². The number of fused-ring (bicyclic) bond motifs is 1. The van der Waals surface area contributed by atoms with Crippen molar-refractivity contribution in [2.45, 2.75) is 6.61 Å². The van der Waals surface area contributed by atoms with Crippen molar-refractivity contribution >= 4 is 56.3 Å². The van der Waals surface area contributed by atoms with Crippen molar-refractivity contribution in [2.24, 2.45) is 5.10 Å². The minimum absolute atomic E-state index is 0.0256. The number of hydrazone groups is 1. The van der Waals surface area contributed by atoms with Gasteiger partial charge in [-0.3, -0.25) is 14.9 Å². The Kier molecular flexibility index (Phi) is 7.33. The molecule has 1 N–H and O–H groups in total. The van der Waals surface area contributed by atoms with Gasteiger partial charge >= 0.3 is 5.91 Å². The van der Waals surface area contributed by atoms with Gasteiger partial charge in [0.1, 0.15) is 12.2 Å². The van der Waals surface area contributed by atoms with Crippen LogP contribution in [0.1, 0.15) is 21.7 Å². The number of halogens is 2. The molecule has 9 nitrogen and oxygen atoms in total. The molecule has 0 atom stereocenters. The van der Waals surface area contributed by atoms with Crippen LogP contribution in [0, 0.1) is 10.1 Å². The Balaban J connectivity index is 1.44. The summed E-state index contributed by atoms with van der Waals surface area (Å²) in [6.07, 6.45) is 1.43. The van der Waals surface area contributed by atoms with E-state index >= 15 is 0 Å². The second kappa shape index (κ2) is 10.6. The summed E-state index contributed by atoms with van der Waals surface area (Å²) >= 11 is 9.39. The van der Waals surface area contributed by atoms with Gasteiger partial charge < -0.3 is 13.9 Å². The number of amides is 1. The third-order valence-corrected chi connectivity index (χ3v) is 5.70. The molecule has 1 heterocycles. The van der Waals surface area contributed by atoms with E-state index in [9.17, 15) is 14.9 Å². The van der Waals surface area contributed by atoms with E-state index in [1.54, 1.807) is 24.3 Å². The number of carbonyl (C=O) groups is 1. The number of ether oxygens (including phenoxy) is 2. The molecule has 3 aromatic carbocycles. The summed E-state index contributed by atoms with van der Waals surface area (Å²) < 4.78 is 17.4. The molecule has 35 heavy (non-hydrogen) atoms. The lowest BCUT2D eigenvalue weighted by molar-refractivity contribution is -0.384. The van der Waals surface area contributed by atoms with Crippen LogP contribution in [0.25, 0.3) is 11.0 Å². The molecular weight excluding hydrogens is 542 g/mol. The van der Waals surface area contributed by atoms with Crippen LogP contribution in [0.4, 0.5) is 5.69 Å². The Morgan fingerprint density at radius 1 is 1.20 bits per heavy atom. The number of methoxy groups -OCH3 is 1. The van der Waals surface area contributed by atoms with E-state index in [1.807, 2.05) is 12.1 Å². The molecule has 0 saturated heterocycles. The molecule has 4 aromatic rings. The van der Waals surface area contributed by atoms with Crippen LogP contribution >= 0.6 is 27.5 Å². The van der Waals surface area contributed by atoms with Crippen molar-refractivity contribution in [1.82, 2.24) is 5.43 Å². The van der Waals surface area contributed by atoms with E-state index in [-0.39, 0.29) is 11.4 Å². The van der Waals surface area contributed by atoms with Crippen LogP contribution in [0.15, 0.2) is 74.7 Å². The van der Waals surface area contributed by atoms with Gasteiger partial charge in [-0.1, -0.05) is 23.7 Å². The monoisotopic (exact) mass is 557 g/mol. The molecule has 4 rings (SSSR count). The SMILES string of the molecule is COc1cc(/C=N\NC(=O)c2cc3cc([N+](=O)[O-])ccc3o2)cc(Br)c1OCc1ccc(Cl)cc1. The summed E-state index contributed by atoms with van der Waals surface area (Å²) in [7, 11) is 1.52. The zero-order valence-corrected chi connectivity index (χ0v) is 20.5. The topological polar surface area (TPSA) is 116 Å². The minimum atomic E-state index is -0.603. The van der Waals surface area contributed by atoms with Crippen LogP contribution in [-0.2, 0) is 6.61 Å². The lowest BCUT2D eigenvalue weighted by Gasteiger charge is -2.13. The second-order valence-electron chi connectivity index (χ2n) is 7.24. The number of nitrogens with one attached hydrogen (secondary N) is 1. The summed E-state index contributed by atoms with van der Waals surface area (Å²) in [5.41, 5.74) is 4.21. The van der Waals surface area contributed by atoms with Crippen molar-refractivity contribution in [3.8, 4) is 11.5 Å². The van der Waals surface area contributed by atoms with Gasteiger partial charge in [-0.05, 0) is 63.5 Å². The maximum absolute atomic E-state index is 12.4. The molecule has 1 amide bonds. The molecule has 0 aliphatic heterocycles. The van der Waals surface area contributed by atoms with Crippen LogP contribution in [0.2, 0.25) is 5.02 Å². The Morgan fingerprint density at radius 3 is 2.69 bits per heavy atom. The zero-order valence-electron chi connectivity index (χ0n) is 18.2. The van der Waals surface area contributed by atoms with Crippen LogP contribution in [0.5, 0.6) is 11.5 Å². The number of benzene rings is 3. The largest absolute Gasteiger partial charge is 0.493 e. The Labute approximate surface area is 212 Å². The first-order valence-corrected chi connectivity index (χ1v) is 11.3. The van der Waals surface area contributed by atoms with Gasteiger partial charge in [-0.15, -0.1) is 0 Å². The fraction of sp³-hybridized carbons (Fsp3) is 0.0833. The zero-order chi connectivity index (χ0) is 24.9. The molecule has 0 bridgehead atoms. The molecule has 178 valence electrons. The molecule has 0 aliphatic rings. The summed E-state index contributed by atoms with van der Waals surface area (Å²) in [6.45, 7) is 0.316. The molecule has 0 fully saturated rings. The number of nitro benzene ring substituents is 1. The quantitative estimate of drug-likeness (QED) is 0.158. The van der Waals surface area contributed by atoms with Crippen molar-refractivity contribution < 1.29 is 23.6 Å². The number of furan rings is 1. The standard InChI is InChI=1S/C24H17BrClN3O6/c1-33-21-9-15(8-19(25)23(21)34-13-14-2-4-17(26)5-3-14)12-27-28-24(30)22-11-16-10-18(29(31)32)6-7-20(16)35-22/h2-12H,13H2,1H3,(H,28,30)/b27-12-. The van der Waals surface area contributed by atoms with Crippen molar-refractivity contribution in [1.29, 1.82) is 0 Å². The average Bonchev–Trinajstić information content (AvgIpc) is 3.27. The first-order valence-electron chi connectivity index (χ1n) is 10.1. The third kappa shape index (κ3) is 5.79. The molecule has 0 aliphatic carbocycles. The predicted molar refractivity (Wildman–Crippen MR) is 134 cm³/mol. The number of rotatable bonds is 8. The molecule has 0 radical (unpaired) electrons. The van der Waals surface area contributed by atoms with Crippen molar-refractivity contribution in [3.63, 3.8) is 0 Å². The summed E-state index contributed by atoms with van der Waals surface area (Å²) in [4.78, 5) is 22.8. The maximum Gasteiger partial charge on any atom is 0.307 e. The maximum atomic E-state index is 12.4. The van der Waals surface area contributed by atoms with Gasteiger partial charge in [-0.2, -0.15) is 5.10 Å². The fourth-order valence-corrected chi connectivity index (χ4v) is 3.87. The van der Waals surface area contributed by atoms with Crippen LogP contribution in [0.3, 0.4) is 0 Å². The lowest BCUT2D eigenvalue weighted by Crippen LogP contribution is -2.16. The first kappa shape index (κ1) is 24.2. The number of nitrogens with zero attached hydrogens (tertiary/aromatic N) is 2. The number of nitro groups is 1.